The van der Waals surface area contributed by atoms with Gasteiger partial charge < -0.3 is 9.80 Å². The van der Waals surface area contributed by atoms with Crippen molar-refractivity contribution in [2.75, 3.05) is 9.80 Å². The van der Waals surface area contributed by atoms with Crippen LogP contribution in [0, 0.1) is 0 Å². The number of hydrogen-bond donors (Lipinski definition) is 0. The van der Waals surface area contributed by atoms with Crippen molar-refractivity contribution in [2.45, 2.75) is 26.2 Å². The molecule has 0 fully saturated rings. The molecule has 10 rings (SSSR count). The van der Waals surface area contributed by atoms with Gasteiger partial charge in [0.25, 0.3) is 0 Å². The van der Waals surface area contributed by atoms with Crippen molar-refractivity contribution in [3.05, 3.63) is 252 Å². The molecule has 2 heteroatoms. The molecular weight excluding hydrogens is 725 g/mol. The zero-order valence-corrected chi connectivity index (χ0v) is 34.3. The minimum Gasteiger partial charge on any atom is -0.310 e. The van der Waals surface area contributed by atoms with E-state index in [2.05, 4.69) is 255 Å². The van der Waals surface area contributed by atoms with Crippen LogP contribution in [0.2, 0.25) is 0 Å². The van der Waals surface area contributed by atoms with Crippen LogP contribution in [0.15, 0.2) is 224 Å². The lowest BCUT2D eigenvalue weighted by Gasteiger charge is -2.37. The summed E-state index contributed by atoms with van der Waals surface area (Å²) in [4.78, 5) is 4.91. The first-order valence-electron chi connectivity index (χ1n) is 20.9. The Morgan fingerprint density at radius 2 is 0.967 bits per heavy atom. The van der Waals surface area contributed by atoms with Crippen LogP contribution in [-0.4, -0.2) is 0 Å². The third-order valence-electron chi connectivity index (χ3n) is 11.7. The Hall–Kier alpha value is -7.42. The van der Waals surface area contributed by atoms with Gasteiger partial charge in [0.15, 0.2) is 0 Å². The highest BCUT2D eigenvalue weighted by Crippen LogP contribution is 2.54. The van der Waals surface area contributed by atoms with Gasteiger partial charge in [0.2, 0.25) is 0 Å². The van der Waals surface area contributed by atoms with Crippen molar-refractivity contribution in [3.63, 3.8) is 0 Å². The Bertz CT molecular complexity index is 2960. The number of fused-ring (bicyclic) bond motifs is 3. The average molecular weight is 771 g/mol. The van der Waals surface area contributed by atoms with Gasteiger partial charge in [-0.3, -0.25) is 0 Å². The number of nitrogens with zero attached hydrogens (tertiary/aromatic N) is 2. The molecule has 288 valence electrons. The van der Waals surface area contributed by atoms with Crippen LogP contribution >= 0.6 is 0 Å². The fourth-order valence-corrected chi connectivity index (χ4v) is 8.79. The molecule has 0 unspecified atom stereocenters. The van der Waals surface area contributed by atoms with Crippen LogP contribution in [0.1, 0.15) is 48.6 Å². The van der Waals surface area contributed by atoms with Crippen molar-refractivity contribution < 1.29 is 0 Å². The van der Waals surface area contributed by atoms with E-state index < -0.39 is 0 Å². The molecule has 0 aliphatic carbocycles. The quantitative estimate of drug-likeness (QED) is 0.159. The molecule has 0 bridgehead atoms. The molecule has 1 aliphatic rings. The Morgan fingerprint density at radius 1 is 0.417 bits per heavy atom. The average Bonchev–Trinajstić information content (AvgIpc) is 3.30. The summed E-state index contributed by atoms with van der Waals surface area (Å²) >= 11 is 0. The third-order valence-corrected chi connectivity index (χ3v) is 11.7. The molecule has 9 aromatic rings. The van der Waals surface area contributed by atoms with E-state index in [0.717, 1.165) is 34.1 Å². The lowest BCUT2D eigenvalue weighted by atomic mass is 9.81. The van der Waals surface area contributed by atoms with E-state index in [4.69, 9.17) is 0 Å². The summed E-state index contributed by atoms with van der Waals surface area (Å²) in [5.74, 6) is 0. The Labute approximate surface area is 354 Å². The predicted octanol–water partition coefficient (Wildman–Crippen LogP) is 16.1. The van der Waals surface area contributed by atoms with Gasteiger partial charge in [-0.05, 0) is 98.6 Å². The van der Waals surface area contributed by atoms with Gasteiger partial charge in [-0.15, -0.1) is 0 Å². The van der Waals surface area contributed by atoms with Crippen LogP contribution in [-0.2, 0) is 5.41 Å². The van der Waals surface area contributed by atoms with E-state index in [9.17, 15) is 0 Å². The molecule has 0 saturated heterocycles. The smallest absolute Gasteiger partial charge is 0.0561 e. The third kappa shape index (κ3) is 6.76. The van der Waals surface area contributed by atoms with E-state index in [1.165, 1.54) is 60.9 Å². The van der Waals surface area contributed by atoms with E-state index in [1.807, 2.05) is 0 Å². The summed E-state index contributed by atoms with van der Waals surface area (Å²) in [5.41, 5.74) is 17.5. The van der Waals surface area contributed by atoms with E-state index in [0.29, 0.717) is 0 Å². The minimum absolute atomic E-state index is 0.0246. The summed E-state index contributed by atoms with van der Waals surface area (Å²) in [5, 5.41) is 2.42. The Balaban J connectivity index is 1.30. The van der Waals surface area contributed by atoms with Gasteiger partial charge in [0, 0.05) is 39.3 Å². The highest BCUT2D eigenvalue weighted by atomic mass is 15.2. The molecule has 60 heavy (non-hydrogen) atoms. The maximum atomic E-state index is 2.46. The molecule has 0 radical (unpaired) electrons. The van der Waals surface area contributed by atoms with Gasteiger partial charge in [-0.2, -0.15) is 0 Å². The number of anilines is 6. The van der Waals surface area contributed by atoms with Crippen LogP contribution in [0.25, 0.3) is 33.0 Å². The molecule has 0 atom stereocenters. The minimum atomic E-state index is -0.0246. The van der Waals surface area contributed by atoms with Crippen molar-refractivity contribution in [1.29, 1.82) is 0 Å². The van der Waals surface area contributed by atoms with Crippen LogP contribution < -0.4 is 9.80 Å². The summed E-state index contributed by atoms with van der Waals surface area (Å²) in [6.45, 7) is 6.88. The molecule has 9 aromatic carbocycles. The molecule has 1 heterocycles. The van der Waals surface area contributed by atoms with Crippen LogP contribution in [0.3, 0.4) is 0 Å². The highest BCUT2D eigenvalue weighted by molar-refractivity contribution is 6.13. The standard InChI is InChI=1S/C58H46N2/c1-58(2,3)46-33-37-54(52(39-46)42-21-8-4-9-22-42)59(48-34-32-41-20-16-17-27-45(41)38-48)49-35-36-51-55(40-49)60(47-28-14-7-15-29-47)53-31-19-18-30-50(53)57(51)56(43-23-10-5-11-24-43)44-25-12-6-13-26-44/h4-40H,1-3H3. The monoisotopic (exact) mass is 770 g/mol. The van der Waals surface area contributed by atoms with Crippen molar-refractivity contribution in [2.24, 2.45) is 0 Å². The van der Waals surface area contributed by atoms with Crippen molar-refractivity contribution in [3.8, 4) is 11.1 Å². The Morgan fingerprint density at radius 3 is 1.65 bits per heavy atom. The largest absolute Gasteiger partial charge is 0.310 e. The second-order valence-electron chi connectivity index (χ2n) is 16.6. The summed E-state index contributed by atoms with van der Waals surface area (Å²) in [7, 11) is 0. The zero-order valence-electron chi connectivity index (χ0n) is 34.3. The molecular formula is C58H46N2. The summed E-state index contributed by atoms with van der Waals surface area (Å²) in [6, 6.07) is 81.9. The lowest BCUT2D eigenvalue weighted by Crippen LogP contribution is -2.20. The Kier molecular flexibility index (Phi) is 9.47. The maximum Gasteiger partial charge on any atom is 0.0561 e. The maximum absolute atomic E-state index is 2.46. The second-order valence-corrected chi connectivity index (χ2v) is 16.6. The van der Waals surface area contributed by atoms with Gasteiger partial charge >= 0.3 is 0 Å². The first kappa shape index (κ1) is 36.9. The first-order valence-corrected chi connectivity index (χ1v) is 20.9. The number of rotatable bonds is 7. The van der Waals surface area contributed by atoms with Gasteiger partial charge in [0.05, 0.1) is 17.1 Å². The molecule has 0 spiro atoms. The zero-order chi connectivity index (χ0) is 40.6. The first-order chi connectivity index (χ1) is 29.4. The van der Waals surface area contributed by atoms with E-state index in [-0.39, 0.29) is 5.41 Å². The van der Waals surface area contributed by atoms with Gasteiger partial charge in [0.1, 0.15) is 0 Å². The molecule has 2 nitrogen and oxygen atoms in total. The molecule has 0 N–H and O–H groups in total. The van der Waals surface area contributed by atoms with Gasteiger partial charge in [-0.25, -0.2) is 0 Å². The SMILES string of the molecule is CC(C)(C)c1ccc(N(c2ccc3c(c2)N(c2ccccc2)c2ccccc2C3=C(c2ccccc2)c2ccccc2)c2ccc3ccccc3c2)c(-c2ccccc2)c1. The van der Waals surface area contributed by atoms with Gasteiger partial charge in [-0.1, -0.05) is 191 Å². The van der Waals surface area contributed by atoms with Crippen LogP contribution in [0.4, 0.5) is 34.1 Å². The second kappa shape index (κ2) is 15.4. The topological polar surface area (TPSA) is 6.48 Å². The van der Waals surface area contributed by atoms with Crippen molar-refractivity contribution in [1.82, 2.24) is 0 Å². The van der Waals surface area contributed by atoms with Crippen molar-refractivity contribution >= 4 is 56.0 Å². The number of para-hydroxylation sites is 2. The molecule has 0 aromatic heterocycles. The fraction of sp³-hybridized carbons (Fsp3) is 0.0690. The summed E-state index contributed by atoms with van der Waals surface area (Å²) < 4.78 is 0. The summed E-state index contributed by atoms with van der Waals surface area (Å²) in [6.07, 6.45) is 0. The van der Waals surface area contributed by atoms with Crippen LogP contribution in [0.5, 0.6) is 0 Å². The molecule has 0 saturated carbocycles. The highest BCUT2D eigenvalue weighted by Gasteiger charge is 2.32. The van der Waals surface area contributed by atoms with E-state index in [1.54, 1.807) is 0 Å². The fourth-order valence-electron chi connectivity index (χ4n) is 8.79. The number of benzene rings is 9. The lowest BCUT2D eigenvalue weighted by molar-refractivity contribution is 0.590. The molecule has 1 aliphatic heterocycles. The normalized spacial score (nSPS) is 12.2. The number of hydrogen-bond acceptors (Lipinski definition) is 2. The molecule has 0 amide bonds. The predicted molar refractivity (Wildman–Crippen MR) is 255 cm³/mol. The van der Waals surface area contributed by atoms with E-state index >= 15 is 0 Å².